The molecule has 2 nitrogen and oxygen atoms in total. The molecule has 0 radical (unpaired) electrons. The molecule has 76 valence electrons. The molecular formula is C11H14FNO. The lowest BCUT2D eigenvalue weighted by molar-refractivity contribution is 0.357. The van der Waals surface area contributed by atoms with Crippen LogP contribution in [0.15, 0.2) is 30.4 Å². The SMILES string of the molecule is Cc1ccc(F)cc1OC/C=C/CN. The van der Waals surface area contributed by atoms with Gasteiger partial charge in [0.25, 0.3) is 0 Å². The fourth-order valence-electron chi connectivity index (χ4n) is 1.03. The van der Waals surface area contributed by atoms with E-state index in [1.54, 1.807) is 12.1 Å². The molecule has 1 aromatic carbocycles. The number of nitrogens with two attached hydrogens (primary N) is 1. The summed E-state index contributed by atoms with van der Waals surface area (Å²) in [6, 6.07) is 4.49. The van der Waals surface area contributed by atoms with Gasteiger partial charge in [-0.1, -0.05) is 18.2 Å². The van der Waals surface area contributed by atoms with Crippen LogP contribution in [0.25, 0.3) is 0 Å². The Bertz CT molecular complexity index is 323. The molecule has 0 bridgehead atoms. The van der Waals surface area contributed by atoms with Gasteiger partial charge in [0.15, 0.2) is 0 Å². The van der Waals surface area contributed by atoms with E-state index in [0.29, 0.717) is 18.9 Å². The number of aryl methyl sites for hydroxylation is 1. The molecule has 0 aliphatic carbocycles. The summed E-state index contributed by atoms with van der Waals surface area (Å²) in [4.78, 5) is 0. The first-order valence-electron chi connectivity index (χ1n) is 4.48. The lowest BCUT2D eigenvalue weighted by Gasteiger charge is -2.06. The van der Waals surface area contributed by atoms with Gasteiger partial charge in [-0.25, -0.2) is 4.39 Å². The Balaban J connectivity index is 2.57. The first-order chi connectivity index (χ1) is 6.74. The highest BCUT2D eigenvalue weighted by molar-refractivity contribution is 5.32. The number of halogens is 1. The standard InChI is InChI=1S/C11H14FNO/c1-9-4-5-10(12)8-11(9)14-7-3-2-6-13/h2-5,8H,6-7,13H2,1H3/b3-2+. The average molecular weight is 195 g/mol. The third-order valence-corrected chi connectivity index (χ3v) is 1.79. The van der Waals surface area contributed by atoms with Gasteiger partial charge in [-0.05, 0) is 18.6 Å². The molecule has 0 atom stereocenters. The topological polar surface area (TPSA) is 35.2 Å². The van der Waals surface area contributed by atoms with Crippen molar-refractivity contribution in [3.05, 3.63) is 41.7 Å². The largest absolute Gasteiger partial charge is 0.489 e. The molecule has 0 heterocycles. The Kier molecular flexibility index (Phi) is 4.13. The minimum atomic E-state index is -0.284. The second-order valence-electron chi connectivity index (χ2n) is 2.93. The second-order valence-corrected chi connectivity index (χ2v) is 2.93. The summed E-state index contributed by atoms with van der Waals surface area (Å²) in [5, 5.41) is 0. The van der Waals surface area contributed by atoms with Crippen LogP contribution in [0.4, 0.5) is 4.39 Å². The number of rotatable bonds is 4. The maximum absolute atomic E-state index is 12.8. The van der Waals surface area contributed by atoms with Gasteiger partial charge in [-0.3, -0.25) is 0 Å². The Morgan fingerprint density at radius 1 is 1.43 bits per heavy atom. The molecule has 0 saturated heterocycles. The summed E-state index contributed by atoms with van der Waals surface area (Å²) >= 11 is 0. The zero-order chi connectivity index (χ0) is 10.4. The van der Waals surface area contributed by atoms with Crippen LogP contribution < -0.4 is 10.5 Å². The van der Waals surface area contributed by atoms with Gasteiger partial charge in [0.2, 0.25) is 0 Å². The molecule has 14 heavy (non-hydrogen) atoms. The van der Waals surface area contributed by atoms with Gasteiger partial charge >= 0.3 is 0 Å². The molecule has 0 unspecified atom stereocenters. The maximum Gasteiger partial charge on any atom is 0.126 e. The first-order valence-corrected chi connectivity index (χ1v) is 4.48. The predicted octanol–water partition coefficient (Wildman–Crippen LogP) is 2.03. The smallest absolute Gasteiger partial charge is 0.126 e. The van der Waals surface area contributed by atoms with E-state index in [4.69, 9.17) is 10.5 Å². The normalized spacial score (nSPS) is 10.8. The molecule has 3 heteroatoms. The van der Waals surface area contributed by atoms with Crippen LogP contribution in [-0.2, 0) is 0 Å². The van der Waals surface area contributed by atoms with E-state index in [-0.39, 0.29) is 5.82 Å². The van der Waals surface area contributed by atoms with Crippen LogP contribution in [0, 0.1) is 12.7 Å². The summed E-state index contributed by atoms with van der Waals surface area (Å²) < 4.78 is 18.1. The Labute approximate surface area is 83.2 Å². The molecule has 0 fully saturated rings. The third kappa shape index (κ3) is 3.18. The highest BCUT2D eigenvalue weighted by Gasteiger charge is 1.99. The molecule has 0 aliphatic rings. The Morgan fingerprint density at radius 3 is 2.93 bits per heavy atom. The highest BCUT2D eigenvalue weighted by Crippen LogP contribution is 2.18. The van der Waals surface area contributed by atoms with Crippen LogP contribution in [0.3, 0.4) is 0 Å². The molecule has 0 aliphatic heterocycles. The first kappa shape index (κ1) is 10.7. The summed E-state index contributed by atoms with van der Waals surface area (Å²) in [6.45, 7) is 2.79. The third-order valence-electron chi connectivity index (χ3n) is 1.79. The van der Waals surface area contributed by atoms with Gasteiger partial charge in [0, 0.05) is 12.6 Å². The lowest BCUT2D eigenvalue weighted by Crippen LogP contribution is -1.98. The van der Waals surface area contributed by atoms with Crippen LogP contribution in [0.1, 0.15) is 5.56 Å². The van der Waals surface area contributed by atoms with E-state index in [1.807, 2.05) is 13.0 Å². The van der Waals surface area contributed by atoms with Crippen LogP contribution >= 0.6 is 0 Å². The molecular weight excluding hydrogens is 181 g/mol. The molecule has 0 saturated carbocycles. The zero-order valence-electron chi connectivity index (χ0n) is 8.16. The molecule has 2 N–H and O–H groups in total. The van der Waals surface area contributed by atoms with Crippen molar-refractivity contribution in [2.24, 2.45) is 5.73 Å². The van der Waals surface area contributed by atoms with E-state index in [2.05, 4.69) is 0 Å². The molecule has 0 amide bonds. The summed E-state index contributed by atoms with van der Waals surface area (Å²) in [5.74, 6) is 0.292. The Morgan fingerprint density at radius 2 is 2.21 bits per heavy atom. The second kappa shape index (κ2) is 5.40. The molecule has 0 aromatic heterocycles. The van der Waals surface area contributed by atoms with E-state index >= 15 is 0 Å². The van der Waals surface area contributed by atoms with Crippen molar-refractivity contribution < 1.29 is 9.13 Å². The lowest BCUT2D eigenvalue weighted by atomic mass is 10.2. The van der Waals surface area contributed by atoms with Gasteiger partial charge in [0.1, 0.15) is 18.2 Å². The molecule has 1 rings (SSSR count). The summed E-state index contributed by atoms with van der Waals surface area (Å²) in [6.07, 6.45) is 3.61. The van der Waals surface area contributed by atoms with E-state index in [1.165, 1.54) is 12.1 Å². The van der Waals surface area contributed by atoms with Gasteiger partial charge < -0.3 is 10.5 Å². The average Bonchev–Trinajstić information content (AvgIpc) is 2.18. The fourth-order valence-corrected chi connectivity index (χ4v) is 1.03. The number of hydrogen-bond acceptors (Lipinski definition) is 2. The van der Waals surface area contributed by atoms with Crippen molar-refractivity contribution in [3.63, 3.8) is 0 Å². The highest BCUT2D eigenvalue weighted by atomic mass is 19.1. The van der Waals surface area contributed by atoms with Crippen molar-refractivity contribution >= 4 is 0 Å². The van der Waals surface area contributed by atoms with E-state index < -0.39 is 0 Å². The summed E-state index contributed by atoms with van der Waals surface area (Å²) in [7, 11) is 0. The van der Waals surface area contributed by atoms with Crippen molar-refractivity contribution in [3.8, 4) is 5.75 Å². The maximum atomic E-state index is 12.8. The van der Waals surface area contributed by atoms with Crippen molar-refractivity contribution in [1.29, 1.82) is 0 Å². The van der Waals surface area contributed by atoms with Crippen molar-refractivity contribution in [2.45, 2.75) is 6.92 Å². The van der Waals surface area contributed by atoms with Crippen LogP contribution in [-0.4, -0.2) is 13.2 Å². The van der Waals surface area contributed by atoms with E-state index in [0.717, 1.165) is 5.56 Å². The number of hydrogen-bond donors (Lipinski definition) is 1. The predicted molar refractivity (Wildman–Crippen MR) is 54.8 cm³/mol. The van der Waals surface area contributed by atoms with Gasteiger partial charge in [0.05, 0.1) is 0 Å². The van der Waals surface area contributed by atoms with Crippen molar-refractivity contribution in [2.75, 3.05) is 13.2 Å². The minimum absolute atomic E-state index is 0.284. The van der Waals surface area contributed by atoms with Crippen LogP contribution in [0.5, 0.6) is 5.75 Å². The monoisotopic (exact) mass is 195 g/mol. The molecule has 1 aromatic rings. The van der Waals surface area contributed by atoms with Crippen LogP contribution in [0.2, 0.25) is 0 Å². The quantitative estimate of drug-likeness (QED) is 0.746. The minimum Gasteiger partial charge on any atom is -0.489 e. The number of benzene rings is 1. The van der Waals surface area contributed by atoms with Gasteiger partial charge in [-0.15, -0.1) is 0 Å². The zero-order valence-corrected chi connectivity index (χ0v) is 8.16. The van der Waals surface area contributed by atoms with Crippen molar-refractivity contribution in [1.82, 2.24) is 0 Å². The van der Waals surface area contributed by atoms with E-state index in [9.17, 15) is 4.39 Å². The number of ether oxygens (including phenoxy) is 1. The summed E-state index contributed by atoms with van der Waals surface area (Å²) in [5.41, 5.74) is 6.18. The molecule has 0 spiro atoms. The Hall–Kier alpha value is -1.35. The van der Waals surface area contributed by atoms with Gasteiger partial charge in [-0.2, -0.15) is 0 Å². The fraction of sp³-hybridized carbons (Fsp3) is 0.273.